The number of aromatic nitrogens is 1. The van der Waals surface area contributed by atoms with E-state index < -0.39 is 0 Å². The number of rotatable bonds is 5. The molecule has 2 N–H and O–H groups in total. The Kier molecular flexibility index (Phi) is 5.49. The maximum Gasteiger partial charge on any atom is 0.203 e. The number of thiazole rings is 1. The van der Waals surface area contributed by atoms with Crippen LogP contribution in [0.15, 0.2) is 64.6 Å². The van der Waals surface area contributed by atoms with Crippen LogP contribution in [-0.4, -0.2) is 29.9 Å². The van der Waals surface area contributed by atoms with Crippen LogP contribution in [0.2, 0.25) is 0 Å². The molecule has 33 heavy (non-hydrogen) atoms. The van der Waals surface area contributed by atoms with Gasteiger partial charge in [-0.2, -0.15) is 5.10 Å². The van der Waals surface area contributed by atoms with E-state index in [2.05, 4.69) is 73.6 Å². The van der Waals surface area contributed by atoms with Crippen molar-refractivity contribution in [3.8, 4) is 17.0 Å². The molecule has 2 atom stereocenters. The first-order chi connectivity index (χ1) is 15.8. The highest BCUT2D eigenvalue weighted by molar-refractivity contribution is 7.14. The van der Waals surface area contributed by atoms with E-state index in [1.807, 2.05) is 23.6 Å². The van der Waals surface area contributed by atoms with E-state index in [-0.39, 0.29) is 11.2 Å². The van der Waals surface area contributed by atoms with Crippen LogP contribution in [0.4, 0.5) is 10.8 Å². The minimum absolute atomic E-state index is 0.237. The fourth-order valence-corrected chi connectivity index (χ4v) is 5.67. The van der Waals surface area contributed by atoms with Gasteiger partial charge >= 0.3 is 0 Å². The van der Waals surface area contributed by atoms with Crippen LogP contribution in [0.3, 0.4) is 0 Å². The standard InChI is InChI=1S/C27H30N4OS/c1-27(2)19-14-18(13-17-9-11-20(12-10-17)31(3)4)25(22(27)15-19)29-30-26-28-23(16-33-26)21-7-5-6-8-24(21)32/h5-13,16,19,22,32H,14-15H2,1-4H3,(H,28,30). The number of hydrogen-bond donors (Lipinski definition) is 2. The monoisotopic (exact) mass is 458 g/mol. The van der Waals surface area contributed by atoms with Crippen LogP contribution in [0, 0.1) is 17.3 Å². The molecule has 3 aromatic rings. The molecule has 6 heteroatoms. The van der Waals surface area contributed by atoms with Crippen molar-refractivity contribution in [1.82, 2.24) is 4.98 Å². The van der Waals surface area contributed by atoms with Gasteiger partial charge in [-0.15, -0.1) is 11.3 Å². The summed E-state index contributed by atoms with van der Waals surface area (Å²) in [5.41, 5.74) is 9.86. The average Bonchev–Trinajstić information content (AvgIpc) is 3.27. The molecule has 1 heterocycles. The summed E-state index contributed by atoms with van der Waals surface area (Å²) in [5.74, 6) is 1.40. The van der Waals surface area contributed by atoms with Crippen molar-refractivity contribution in [2.45, 2.75) is 26.7 Å². The van der Waals surface area contributed by atoms with Crippen molar-refractivity contribution in [3.05, 3.63) is 65.0 Å². The molecule has 3 saturated carbocycles. The SMILES string of the molecule is CN(C)c1ccc(C=C2CC3CC(C2=NNc2nc(-c4ccccc4O)cs2)C3(C)C)cc1. The molecule has 2 aromatic carbocycles. The number of hydrogen-bond acceptors (Lipinski definition) is 6. The molecule has 2 unspecified atom stereocenters. The molecular weight excluding hydrogens is 428 g/mol. The predicted octanol–water partition coefficient (Wildman–Crippen LogP) is 6.50. The summed E-state index contributed by atoms with van der Waals surface area (Å²) in [6, 6.07) is 15.9. The number of benzene rings is 2. The highest BCUT2D eigenvalue weighted by atomic mass is 32.1. The van der Waals surface area contributed by atoms with Gasteiger partial charge in [0.25, 0.3) is 0 Å². The first-order valence-electron chi connectivity index (χ1n) is 11.4. The number of fused-ring (bicyclic) bond motifs is 2. The number of nitrogens with one attached hydrogen (secondary N) is 1. The lowest BCUT2D eigenvalue weighted by Gasteiger charge is -2.57. The lowest BCUT2D eigenvalue weighted by atomic mass is 9.47. The van der Waals surface area contributed by atoms with Gasteiger partial charge in [0.1, 0.15) is 5.75 Å². The number of nitrogens with zero attached hydrogens (tertiary/aromatic N) is 3. The van der Waals surface area contributed by atoms with Gasteiger partial charge in [-0.1, -0.05) is 38.1 Å². The summed E-state index contributed by atoms with van der Waals surface area (Å²) in [4.78, 5) is 6.77. The molecule has 2 bridgehead atoms. The Morgan fingerprint density at radius 1 is 1.15 bits per heavy atom. The largest absolute Gasteiger partial charge is 0.507 e. The molecule has 3 aliphatic carbocycles. The Balaban J connectivity index is 1.42. The minimum Gasteiger partial charge on any atom is -0.507 e. The number of para-hydroxylation sites is 1. The van der Waals surface area contributed by atoms with Crippen molar-refractivity contribution < 1.29 is 5.11 Å². The van der Waals surface area contributed by atoms with Crippen molar-refractivity contribution >= 4 is 33.9 Å². The van der Waals surface area contributed by atoms with E-state index in [1.54, 1.807) is 6.07 Å². The third-order valence-corrected chi connectivity index (χ3v) is 8.05. The van der Waals surface area contributed by atoms with Crippen LogP contribution < -0.4 is 10.3 Å². The Morgan fingerprint density at radius 2 is 1.91 bits per heavy atom. The third kappa shape index (κ3) is 4.04. The average molecular weight is 459 g/mol. The smallest absolute Gasteiger partial charge is 0.203 e. The Labute approximate surface area is 199 Å². The Hall–Kier alpha value is -3.12. The van der Waals surface area contributed by atoms with Crippen molar-refractivity contribution in [2.24, 2.45) is 22.4 Å². The van der Waals surface area contributed by atoms with Crippen molar-refractivity contribution in [3.63, 3.8) is 0 Å². The fraction of sp³-hybridized carbons (Fsp3) is 0.333. The Bertz CT molecular complexity index is 1220. The van der Waals surface area contributed by atoms with Gasteiger partial charge in [0.15, 0.2) is 0 Å². The number of anilines is 2. The van der Waals surface area contributed by atoms with Gasteiger partial charge in [0.2, 0.25) is 5.13 Å². The molecule has 1 aromatic heterocycles. The lowest BCUT2D eigenvalue weighted by molar-refractivity contribution is 0.0143. The van der Waals surface area contributed by atoms with Gasteiger partial charge in [0.05, 0.1) is 11.4 Å². The van der Waals surface area contributed by atoms with Crippen LogP contribution in [0.5, 0.6) is 5.75 Å². The van der Waals surface area contributed by atoms with E-state index >= 15 is 0 Å². The first-order valence-corrected chi connectivity index (χ1v) is 12.3. The zero-order valence-corrected chi connectivity index (χ0v) is 20.4. The number of allylic oxidation sites excluding steroid dienone is 1. The maximum atomic E-state index is 10.1. The van der Waals surface area contributed by atoms with Crippen LogP contribution in [0.1, 0.15) is 32.3 Å². The van der Waals surface area contributed by atoms with Gasteiger partial charge < -0.3 is 10.0 Å². The topological polar surface area (TPSA) is 60.8 Å². The number of hydrazone groups is 1. The molecular formula is C27H30N4OS. The van der Waals surface area contributed by atoms with Crippen LogP contribution >= 0.6 is 11.3 Å². The molecule has 0 aliphatic heterocycles. The molecule has 0 saturated heterocycles. The molecule has 0 spiro atoms. The molecule has 0 amide bonds. The number of phenols is 1. The van der Waals surface area contributed by atoms with Crippen LogP contribution in [0.25, 0.3) is 17.3 Å². The molecule has 5 nitrogen and oxygen atoms in total. The highest BCUT2D eigenvalue weighted by Gasteiger charge is 2.54. The van der Waals surface area contributed by atoms with Gasteiger partial charge in [-0.25, -0.2) is 4.98 Å². The van der Waals surface area contributed by atoms with Gasteiger partial charge in [-0.3, -0.25) is 5.43 Å². The quantitative estimate of drug-likeness (QED) is 0.429. The molecule has 170 valence electrons. The normalized spacial score (nSPS) is 23.4. The number of phenolic OH excluding ortho intramolecular Hbond substituents is 1. The summed E-state index contributed by atoms with van der Waals surface area (Å²) < 4.78 is 0. The van der Waals surface area contributed by atoms with E-state index in [0.29, 0.717) is 11.8 Å². The van der Waals surface area contributed by atoms with E-state index in [9.17, 15) is 5.11 Å². The number of aromatic hydroxyl groups is 1. The summed E-state index contributed by atoms with van der Waals surface area (Å²) in [7, 11) is 4.12. The maximum absolute atomic E-state index is 10.1. The summed E-state index contributed by atoms with van der Waals surface area (Å²) >= 11 is 1.50. The second kappa shape index (κ2) is 8.34. The van der Waals surface area contributed by atoms with E-state index in [1.165, 1.54) is 34.6 Å². The summed E-state index contributed by atoms with van der Waals surface area (Å²) in [6.45, 7) is 4.73. The molecule has 3 aliphatic rings. The predicted molar refractivity (Wildman–Crippen MR) is 139 cm³/mol. The van der Waals surface area contributed by atoms with E-state index in [4.69, 9.17) is 5.10 Å². The molecule has 0 radical (unpaired) electrons. The Morgan fingerprint density at radius 3 is 2.61 bits per heavy atom. The molecule has 6 rings (SSSR count). The minimum atomic E-state index is 0.237. The highest BCUT2D eigenvalue weighted by Crippen LogP contribution is 2.59. The summed E-state index contributed by atoms with van der Waals surface area (Å²) in [6.07, 6.45) is 4.55. The second-order valence-corrected chi connectivity index (χ2v) is 10.7. The molecule has 3 fully saturated rings. The van der Waals surface area contributed by atoms with Gasteiger partial charge in [-0.05, 0) is 65.7 Å². The zero-order valence-electron chi connectivity index (χ0n) is 19.5. The van der Waals surface area contributed by atoms with Gasteiger partial charge in [0, 0.05) is 36.6 Å². The first kappa shape index (κ1) is 21.7. The van der Waals surface area contributed by atoms with E-state index in [0.717, 1.165) is 28.5 Å². The van der Waals surface area contributed by atoms with Crippen LogP contribution in [-0.2, 0) is 0 Å². The summed E-state index contributed by atoms with van der Waals surface area (Å²) in [5, 5.41) is 17.7. The zero-order chi connectivity index (χ0) is 23.2. The lowest BCUT2D eigenvalue weighted by Crippen LogP contribution is -2.53. The third-order valence-electron chi connectivity index (χ3n) is 7.30. The fourth-order valence-electron chi connectivity index (χ4n) is 5.02. The van der Waals surface area contributed by atoms with Crippen molar-refractivity contribution in [1.29, 1.82) is 0 Å². The second-order valence-electron chi connectivity index (χ2n) is 9.83. The van der Waals surface area contributed by atoms with Crippen molar-refractivity contribution in [2.75, 3.05) is 24.4 Å².